The second-order valence-electron chi connectivity index (χ2n) is 7.63. The van der Waals surface area contributed by atoms with E-state index in [1.54, 1.807) is 4.90 Å². The molecule has 2 aliphatic heterocycles. The minimum absolute atomic E-state index is 0.0115. The molecule has 7 nitrogen and oxygen atoms in total. The van der Waals surface area contributed by atoms with Crippen molar-refractivity contribution < 1.29 is 14.4 Å². The highest BCUT2D eigenvalue weighted by Gasteiger charge is 2.28. The summed E-state index contributed by atoms with van der Waals surface area (Å²) in [6, 6.07) is 9.84. The highest BCUT2D eigenvalue weighted by Crippen LogP contribution is 2.19. The van der Waals surface area contributed by atoms with E-state index in [0.717, 1.165) is 24.1 Å². The van der Waals surface area contributed by atoms with Crippen molar-refractivity contribution in [3.8, 4) is 0 Å². The number of nitrogens with one attached hydrogen (secondary N) is 1. The summed E-state index contributed by atoms with van der Waals surface area (Å²) < 4.78 is 0. The summed E-state index contributed by atoms with van der Waals surface area (Å²) >= 11 is 0. The first-order valence-electron chi connectivity index (χ1n) is 10.6. The van der Waals surface area contributed by atoms with Gasteiger partial charge in [-0.1, -0.05) is 37.3 Å². The molecule has 0 bridgehead atoms. The van der Waals surface area contributed by atoms with Gasteiger partial charge in [-0.05, 0) is 24.8 Å². The van der Waals surface area contributed by atoms with Crippen molar-refractivity contribution in [1.82, 2.24) is 15.2 Å². The maximum absolute atomic E-state index is 12.5. The Hall–Kier alpha value is -2.70. The zero-order valence-corrected chi connectivity index (χ0v) is 17.1. The molecule has 1 aromatic carbocycles. The molecule has 0 radical (unpaired) electrons. The van der Waals surface area contributed by atoms with Crippen molar-refractivity contribution in [2.45, 2.75) is 45.4 Å². The van der Waals surface area contributed by atoms with Crippen molar-refractivity contribution >= 4 is 23.4 Å². The van der Waals surface area contributed by atoms with Crippen molar-refractivity contribution in [3.05, 3.63) is 35.9 Å². The smallest absolute Gasteiger partial charge is 0.243 e. The first-order chi connectivity index (χ1) is 14.1. The molecule has 0 atom stereocenters. The number of hydrazone groups is 1. The van der Waals surface area contributed by atoms with E-state index in [0.29, 0.717) is 39.0 Å². The number of hydrogen-bond acceptors (Lipinski definition) is 4. The number of benzene rings is 1. The fourth-order valence-electron chi connectivity index (χ4n) is 3.76. The molecular formula is C22H30N4O3. The average molecular weight is 399 g/mol. The molecule has 1 aromatic rings. The summed E-state index contributed by atoms with van der Waals surface area (Å²) in [7, 11) is 0. The van der Waals surface area contributed by atoms with Crippen LogP contribution in [0.25, 0.3) is 0 Å². The number of piperidine rings is 1. The highest BCUT2D eigenvalue weighted by atomic mass is 16.2. The molecule has 0 spiro atoms. The van der Waals surface area contributed by atoms with Crippen LogP contribution in [0.2, 0.25) is 0 Å². The Morgan fingerprint density at radius 3 is 2.41 bits per heavy atom. The third kappa shape index (κ3) is 5.65. The van der Waals surface area contributed by atoms with E-state index in [4.69, 9.17) is 0 Å². The summed E-state index contributed by atoms with van der Waals surface area (Å²) in [4.78, 5) is 38.7. The number of hydrogen-bond donors (Lipinski definition) is 1. The highest BCUT2D eigenvalue weighted by molar-refractivity contribution is 6.02. The first-order valence-corrected chi connectivity index (χ1v) is 10.6. The van der Waals surface area contributed by atoms with Gasteiger partial charge in [0.05, 0.1) is 12.3 Å². The quantitative estimate of drug-likeness (QED) is 0.764. The van der Waals surface area contributed by atoms with Gasteiger partial charge in [0.1, 0.15) is 0 Å². The van der Waals surface area contributed by atoms with Crippen molar-refractivity contribution in [2.24, 2.45) is 11.0 Å². The Bertz CT molecular complexity index is 755. The molecular weight excluding hydrogens is 368 g/mol. The molecule has 7 heteroatoms. The van der Waals surface area contributed by atoms with Gasteiger partial charge in [-0.25, -0.2) is 5.01 Å². The Morgan fingerprint density at radius 2 is 1.72 bits per heavy atom. The number of likely N-dealkylation sites (tertiary alicyclic amines) is 1. The van der Waals surface area contributed by atoms with E-state index >= 15 is 0 Å². The van der Waals surface area contributed by atoms with Crippen LogP contribution in [0.4, 0.5) is 0 Å². The van der Waals surface area contributed by atoms with Gasteiger partial charge in [0.25, 0.3) is 0 Å². The number of amides is 3. The number of carbonyl (C=O) groups is 3. The van der Waals surface area contributed by atoms with Crippen molar-refractivity contribution in [2.75, 3.05) is 26.2 Å². The summed E-state index contributed by atoms with van der Waals surface area (Å²) in [5, 5.41) is 8.85. The Kier molecular flexibility index (Phi) is 7.38. The molecule has 0 aromatic heterocycles. The van der Waals surface area contributed by atoms with Crippen LogP contribution in [0.3, 0.4) is 0 Å². The topological polar surface area (TPSA) is 82.1 Å². The molecule has 29 heavy (non-hydrogen) atoms. The van der Waals surface area contributed by atoms with Gasteiger partial charge in [-0.15, -0.1) is 0 Å². The molecule has 2 aliphatic rings. The van der Waals surface area contributed by atoms with Crippen LogP contribution in [0.1, 0.15) is 51.0 Å². The molecule has 1 fully saturated rings. The van der Waals surface area contributed by atoms with Crippen LogP contribution in [-0.4, -0.2) is 59.5 Å². The van der Waals surface area contributed by atoms with Crippen LogP contribution in [0, 0.1) is 5.92 Å². The van der Waals surface area contributed by atoms with E-state index in [2.05, 4.69) is 10.4 Å². The fraction of sp³-hybridized carbons (Fsp3) is 0.545. The van der Waals surface area contributed by atoms with Gasteiger partial charge < -0.3 is 10.2 Å². The monoisotopic (exact) mass is 398 g/mol. The van der Waals surface area contributed by atoms with Crippen molar-refractivity contribution in [3.63, 3.8) is 0 Å². The maximum atomic E-state index is 12.5. The van der Waals surface area contributed by atoms with Crippen molar-refractivity contribution in [1.29, 1.82) is 0 Å². The fourth-order valence-corrected chi connectivity index (χ4v) is 3.76. The molecule has 1 saturated heterocycles. The maximum Gasteiger partial charge on any atom is 0.243 e. The summed E-state index contributed by atoms with van der Waals surface area (Å²) in [5.41, 5.74) is 1.94. The summed E-state index contributed by atoms with van der Waals surface area (Å²) in [6.07, 6.45) is 3.39. The minimum Gasteiger partial charge on any atom is -0.356 e. The predicted octanol–water partition coefficient (Wildman–Crippen LogP) is 2.17. The molecule has 3 rings (SSSR count). The van der Waals surface area contributed by atoms with E-state index in [1.165, 1.54) is 5.01 Å². The Labute approximate surface area is 172 Å². The SMILES string of the molecule is CCCNC(=O)C1CCN(C(=O)CCC(=O)N2CCC(c3ccccc3)=N2)CC1. The lowest BCUT2D eigenvalue weighted by molar-refractivity contribution is -0.138. The number of nitrogens with zero attached hydrogens (tertiary/aromatic N) is 3. The lowest BCUT2D eigenvalue weighted by atomic mass is 9.95. The standard InChI is InChI=1S/C22H30N4O3/c1-2-13-23-22(29)18-10-14-25(15-11-18)20(27)8-9-21(28)26-16-12-19(24-26)17-6-4-3-5-7-17/h3-7,18H,2,8-16H2,1H3,(H,23,29). The van der Waals surface area contributed by atoms with Gasteiger partial charge >= 0.3 is 0 Å². The van der Waals surface area contributed by atoms with Crippen LogP contribution in [-0.2, 0) is 14.4 Å². The molecule has 0 unspecified atom stereocenters. The minimum atomic E-state index is -0.113. The van der Waals surface area contributed by atoms with Crippen LogP contribution >= 0.6 is 0 Å². The largest absolute Gasteiger partial charge is 0.356 e. The average Bonchev–Trinajstić information content (AvgIpc) is 3.27. The van der Waals surface area contributed by atoms with Crippen LogP contribution in [0.5, 0.6) is 0 Å². The molecule has 3 amide bonds. The Morgan fingerprint density at radius 1 is 1.03 bits per heavy atom. The summed E-state index contributed by atoms with van der Waals surface area (Å²) in [5.74, 6) is -0.0480. The molecule has 1 N–H and O–H groups in total. The summed E-state index contributed by atoms with van der Waals surface area (Å²) in [6.45, 7) is 4.45. The second-order valence-corrected chi connectivity index (χ2v) is 7.63. The lowest BCUT2D eigenvalue weighted by Crippen LogP contribution is -2.43. The first kappa shape index (κ1) is 21.0. The van der Waals surface area contributed by atoms with E-state index in [-0.39, 0.29) is 36.5 Å². The normalized spacial score (nSPS) is 17.2. The van der Waals surface area contributed by atoms with Gasteiger partial charge in [0.2, 0.25) is 17.7 Å². The zero-order chi connectivity index (χ0) is 20.6. The predicted molar refractivity (Wildman–Crippen MR) is 111 cm³/mol. The lowest BCUT2D eigenvalue weighted by Gasteiger charge is -2.31. The van der Waals surface area contributed by atoms with E-state index < -0.39 is 0 Å². The van der Waals surface area contributed by atoms with Crippen LogP contribution < -0.4 is 5.32 Å². The van der Waals surface area contributed by atoms with Crippen LogP contribution in [0.15, 0.2) is 35.4 Å². The molecule has 0 saturated carbocycles. The third-order valence-corrected chi connectivity index (χ3v) is 5.52. The van der Waals surface area contributed by atoms with E-state index in [1.807, 2.05) is 37.3 Å². The molecule has 156 valence electrons. The zero-order valence-electron chi connectivity index (χ0n) is 17.1. The second kappa shape index (κ2) is 10.2. The molecule has 2 heterocycles. The number of carbonyl (C=O) groups excluding carboxylic acids is 3. The van der Waals surface area contributed by atoms with Gasteiger partial charge in [-0.3, -0.25) is 14.4 Å². The molecule has 0 aliphatic carbocycles. The van der Waals surface area contributed by atoms with Gasteiger partial charge in [0.15, 0.2) is 0 Å². The van der Waals surface area contributed by atoms with E-state index in [9.17, 15) is 14.4 Å². The Balaban J connectivity index is 1.41. The van der Waals surface area contributed by atoms with Gasteiger partial charge in [0, 0.05) is 44.8 Å². The number of rotatable bonds is 7. The third-order valence-electron chi connectivity index (χ3n) is 5.52. The van der Waals surface area contributed by atoms with Gasteiger partial charge in [-0.2, -0.15) is 5.10 Å².